The number of aromatic nitrogens is 1. The summed E-state index contributed by atoms with van der Waals surface area (Å²) in [6.07, 6.45) is 1.25. The second-order valence-electron chi connectivity index (χ2n) is 5.66. The lowest BCUT2D eigenvalue weighted by molar-refractivity contribution is 0.0594. The molecule has 3 aromatic rings. The summed E-state index contributed by atoms with van der Waals surface area (Å²) in [6.45, 7) is 0. The summed E-state index contributed by atoms with van der Waals surface area (Å²) in [5, 5.41) is 8.68. The van der Waals surface area contributed by atoms with Gasteiger partial charge >= 0.3 is 11.9 Å². The van der Waals surface area contributed by atoms with E-state index in [9.17, 15) is 9.59 Å². The lowest BCUT2D eigenvalue weighted by Gasteiger charge is -2.05. The van der Waals surface area contributed by atoms with Gasteiger partial charge in [0.1, 0.15) is 11.3 Å². The number of hydrogen-bond donors (Lipinski definition) is 1. The SMILES string of the molecule is COC(=O)c1c(-c2c(Cl)cccc2Cl)noc1C(=O)N/N=C/c1c(Cl)cccc1Cl. The minimum atomic E-state index is -0.870. The smallest absolute Gasteiger partial charge is 0.344 e. The maximum Gasteiger partial charge on any atom is 0.344 e. The van der Waals surface area contributed by atoms with Crippen LogP contribution in [0.15, 0.2) is 46.0 Å². The van der Waals surface area contributed by atoms with Gasteiger partial charge in [-0.1, -0.05) is 63.7 Å². The number of hydrazone groups is 1. The molecule has 0 bridgehead atoms. The third-order valence-corrected chi connectivity index (χ3v) is 5.14. The van der Waals surface area contributed by atoms with Gasteiger partial charge in [0.2, 0.25) is 5.76 Å². The number of carbonyl (C=O) groups is 2. The zero-order valence-corrected chi connectivity index (χ0v) is 18.1. The van der Waals surface area contributed by atoms with E-state index in [1.807, 2.05) is 0 Å². The van der Waals surface area contributed by atoms with Crippen molar-refractivity contribution >= 4 is 64.5 Å². The minimum absolute atomic E-state index is 0.0410. The second kappa shape index (κ2) is 9.49. The molecular weight excluding hydrogens is 476 g/mol. The molecule has 11 heteroatoms. The number of benzene rings is 2. The largest absolute Gasteiger partial charge is 0.465 e. The number of carbonyl (C=O) groups excluding carboxylic acids is 2. The number of halogens is 4. The fraction of sp³-hybridized carbons (Fsp3) is 0.0526. The number of ether oxygens (including phenoxy) is 1. The number of esters is 1. The van der Waals surface area contributed by atoms with Crippen molar-refractivity contribution in [3.8, 4) is 11.3 Å². The van der Waals surface area contributed by atoms with Gasteiger partial charge in [0, 0.05) is 11.1 Å². The van der Waals surface area contributed by atoms with Crippen molar-refractivity contribution < 1.29 is 18.8 Å². The molecule has 0 atom stereocenters. The molecule has 1 amide bonds. The highest BCUT2D eigenvalue weighted by molar-refractivity contribution is 6.39. The van der Waals surface area contributed by atoms with Gasteiger partial charge in [0.25, 0.3) is 0 Å². The molecule has 0 fully saturated rings. The average Bonchev–Trinajstić information content (AvgIpc) is 3.14. The first-order valence-electron chi connectivity index (χ1n) is 8.15. The standard InChI is InChI=1S/C19H11Cl4N3O4/c1-29-19(28)15-16(14-12(22)6-3-7-13(14)23)26-30-17(15)18(27)25-24-8-9-10(20)4-2-5-11(9)21/h2-8H,1H3,(H,25,27)/b24-8+. The Kier molecular flexibility index (Phi) is 6.99. The molecule has 2 aromatic carbocycles. The van der Waals surface area contributed by atoms with Crippen molar-refractivity contribution in [2.24, 2.45) is 5.10 Å². The summed E-state index contributed by atoms with van der Waals surface area (Å²) in [6, 6.07) is 9.61. The highest BCUT2D eigenvalue weighted by Crippen LogP contribution is 2.37. The maximum atomic E-state index is 12.6. The van der Waals surface area contributed by atoms with Crippen LogP contribution in [0.5, 0.6) is 0 Å². The van der Waals surface area contributed by atoms with Crippen LogP contribution in [-0.4, -0.2) is 30.4 Å². The quantitative estimate of drug-likeness (QED) is 0.291. The topological polar surface area (TPSA) is 93.8 Å². The van der Waals surface area contributed by atoms with E-state index in [2.05, 4.69) is 15.7 Å². The summed E-state index contributed by atoms with van der Waals surface area (Å²) in [7, 11) is 1.15. The summed E-state index contributed by atoms with van der Waals surface area (Å²) in [4.78, 5) is 24.9. The number of nitrogens with one attached hydrogen (secondary N) is 1. The lowest BCUT2D eigenvalue weighted by atomic mass is 10.1. The third-order valence-electron chi connectivity index (χ3n) is 3.85. The summed E-state index contributed by atoms with van der Waals surface area (Å²) >= 11 is 24.5. The van der Waals surface area contributed by atoms with E-state index in [-0.39, 0.29) is 26.9 Å². The Balaban J connectivity index is 1.96. The average molecular weight is 487 g/mol. The van der Waals surface area contributed by atoms with Crippen molar-refractivity contribution in [2.45, 2.75) is 0 Å². The molecule has 154 valence electrons. The van der Waals surface area contributed by atoms with Gasteiger partial charge < -0.3 is 9.26 Å². The first-order valence-corrected chi connectivity index (χ1v) is 9.66. The predicted octanol–water partition coefficient (Wildman–Crippen LogP) is 5.51. The van der Waals surface area contributed by atoms with Crippen LogP contribution in [-0.2, 0) is 4.74 Å². The molecule has 7 nitrogen and oxygen atoms in total. The minimum Gasteiger partial charge on any atom is -0.465 e. The van der Waals surface area contributed by atoms with E-state index in [0.29, 0.717) is 15.6 Å². The van der Waals surface area contributed by atoms with Gasteiger partial charge in [0.05, 0.1) is 33.4 Å². The number of rotatable bonds is 5. The van der Waals surface area contributed by atoms with Crippen LogP contribution in [0.1, 0.15) is 26.5 Å². The third kappa shape index (κ3) is 4.44. The lowest BCUT2D eigenvalue weighted by Crippen LogP contribution is -2.20. The second-order valence-corrected chi connectivity index (χ2v) is 7.29. The molecule has 0 aliphatic heterocycles. The number of amides is 1. The summed E-state index contributed by atoms with van der Waals surface area (Å²) in [5.74, 6) is -2.17. The van der Waals surface area contributed by atoms with Gasteiger partial charge in [-0.15, -0.1) is 0 Å². The molecule has 1 aromatic heterocycles. The normalized spacial score (nSPS) is 11.0. The van der Waals surface area contributed by atoms with Crippen molar-refractivity contribution in [2.75, 3.05) is 7.11 Å². The van der Waals surface area contributed by atoms with Crippen molar-refractivity contribution in [1.29, 1.82) is 0 Å². The molecule has 0 spiro atoms. The molecule has 0 aliphatic rings. The van der Waals surface area contributed by atoms with E-state index < -0.39 is 17.6 Å². The van der Waals surface area contributed by atoms with Gasteiger partial charge in [-0.25, -0.2) is 10.2 Å². The van der Waals surface area contributed by atoms with Gasteiger partial charge in [-0.2, -0.15) is 5.10 Å². The molecule has 1 N–H and O–H groups in total. The van der Waals surface area contributed by atoms with E-state index in [1.54, 1.807) is 36.4 Å². The van der Waals surface area contributed by atoms with Gasteiger partial charge in [-0.05, 0) is 24.3 Å². The van der Waals surface area contributed by atoms with Crippen LogP contribution in [0.4, 0.5) is 0 Å². The van der Waals surface area contributed by atoms with Crippen molar-refractivity contribution in [3.63, 3.8) is 0 Å². The Hall–Kier alpha value is -2.58. The Morgan fingerprint density at radius 1 is 1.03 bits per heavy atom. The van der Waals surface area contributed by atoms with E-state index in [0.717, 1.165) is 7.11 Å². The van der Waals surface area contributed by atoms with E-state index in [4.69, 9.17) is 55.7 Å². The Labute approximate surface area is 190 Å². The van der Waals surface area contributed by atoms with E-state index >= 15 is 0 Å². The van der Waals surface area contributed by atoms with Gasteiger partial charge in [0.15, 0.2) is 0 Å². The first kappa shape index (κ1) is 22.1. The monoisotopic (exact) mass is 485 g/mol. The Morgan fingerprint density at radius 2 is 1.60 bits per heavy atom. The fourth-order valence-electron chi connectivity index (χ4n) is 2.47. The molecule has 0 unspecified atom stereocenters. The molecule has 0 saturated heterocycles. The van der Waals surface area contributed by atoms with Gasteiger partial charge in [-0.3, -0.25) is 4.79 Å². The van der Waals surface area contributed by atoms with Crippen LogP contribution in [0.25, 0.3) is 11.3 Å². The highest BCUT2D eigenvalue weighted by atomic mass is 35.5. The molecule has 30 heavy (non-hydrogen) atoms. The zero-order chi connectivity index (χ0) is 21.8. The molecule has 1 heterocycles. The van der Waals surface area contributed by atoms with Crippen LogP contribution < -0.4 is 5.43 Å². The summed E-state index contributed by atoms with van der Waals surface area (Å²) < 4.78 is 9.84. The summed E-state index contributed by atoms with van der Waals surface area (Å²) in [5.41, 5.74) is 2.54. The highest BCUT2D eigenvalue weighted by Gasteiger charge is 2.31. The molecule has 3 rings (SSSR count). The molecule has 0 saturated carbocycles. The van der Waals surface area contributed by atoms with E-state index in [1.165, 1.54) is 6.21 Å². The van der Waals surface area contributed by atoms with Crippen LogP contribution in [0.3, 0.4) is 0 Å². The Bertz CT molecular complexity index is 1120. The first-order chi connectivity index (χ1) is 14.3. The predicted molar refractivity (Wildman–Crippen MR) is 115 cm³/mol. The Morgan fingerprint density at radius 3 is 2.17 bits per heavy atom. The van der Waals surface area contributed by atoms with Crippen LogP contribution >= 0.6 is 46.4 Å². The maximum absolute atomic E-state index is 12.6. The molecule has 0 radical (unpaired) electrons. The fourth-order valence-corrected chi connectivity index (χ4v) is 3.54. The number of hydrogen-bond acceptors (Lipinski definition) is 6. The van der Waals surface area contributed by atoms with Crippen LogP contribution in [0, 0.1) is 0 Å². The van der Waals surface area contributed by atoms with Crippen molar-refractivity contribution in [3.05, 3.63) is 73.4 Å². The molecular formula is C19H11Cl4N3O4. The number of nitrogens with zero attached hydrogens (tertiary/aromatic N) is 2. The van der Waals surface area contributed by atoms with Crippen LogP contribution in [0.2, 0.25) is 20.1 Å². The zero-order valence-electron chi connectivity index (χ0n) is 15.1. The molecule has 0 aliphatic carbocycles. The van der Waals surface area contributed by atoms with Crippen molar-refractivity contribution in [1.82, 2.24) is 10.6 Å². The number of methoxy groups -OCH3 is 1.